The smallest absolute Gasteiger partial charge is 0.324 e. The molecule has 0 aliphatic heterocycles. The van der Waals surface area contributed by atoms with E-state index in [1.165, 1.54) is 0 Å². The highest BCUT2D eigenvalue weighted by molar-refractivity contribution is 6.30. The number of aromatic nitrogens is 3. The number of nitrogens with one attached hydrogen (secondary N) is 2. The molecule has 3 aromatic heterocycles. The molecule has 0 atom stereocenters. The molecule has 0 aliphatic rings. The van der Waals surface area contributed by atoms with E-state index < -0.39 is 0 Å². The lowest BCUT2D eigenvalue weighted by molar-refractivity contribution is 0.415. The summed E-state index contributed by atoms with van der Waals surface area (Å²) in [7, 11) is 1.63. The lowest BCUT2D eigenvalue weighted by atomic mass is 10.0. The van der Waals surface area contributed by atoms with Crippen LogP contribution in [0.25, 0.3) is 55.6 Å². The number of hydrogen-bond donors (Lipinski definition) is 2. The van der Waals surface area contributed by atoms with Gasteiger partial charge in [-0.05, 0) is 59.7 Å². The molecule has 0 bridgehead atoms. The van der Waals surface area contributed by atoms with E-state index in [1.807, 2.05) is 121 Å². The Hall–Kier alpha value is -6.25. The second-order valence-electron chi connectivity index (χ2n) is 11.1. The average Bonchev–Trinajstić information content (AvgIpc) is 3.86. The zero-order valence-electron chi connectivity index (χ0n) is 25.7. The molecule has 0 radical (unpaired) electrons. The van der Waals surface area contributed by atoms with Gasteiger partial charge in [-0.15, -0.1) is 10.2 Å². The SMILES string of the molecule is COc1ccc(N=N/C(=N\c2nc(-c3c(-c4ccc(Cl)cc4)[nH]c4ccccc34)co2)c2c(-c3ccccc3)[nH]c3ccccc23)cc1. The van der Waals surface area contributed by atoms with E-state index in [9.17, 15) is 0 Å². The van der Waals surface area contributed by atoms with Crippen LogP contribution in [0, 0.1) is 0 Å². The van der Waals surface area contributed by atoms with Crippen molar-refractivity contribution in [3.05, 3.63) is 144 Å². The summed E-state index contributed by atoms with van der Waals surface area (Å²) >= 11 is 6.22. The Balaban J connectivity index is 1.30. The summed E-state index contributed by atoms with van der Waals surface area (Å²) in [6.07, 6.45) is 1.62. The van der Waals surface area contributed by atoms with Crippen LogP contribution in [0.5, 0.6) is 5.75 Å². The van der Waals surface area contributed by atoms with Gasteiger partial charge in [0.15, 0.2) is 5.84 Å². The summed E-state index contributed by atoms with van der Waals surface area (Å²) in [5.74, 6) is 1.07. The summed E-state index contributed by atoms with van der Waals surface area (Å²) in [6.45, 7) is 0. The van der Waals surface area contributed by atoms with Crippen LogP contribution in [0.3, 0.4) is 0 Å². The van der Waals surface area contributed by atoms with Crippen LogP contribution in [0.15, 0.2) is 153 Å². The van der Waals surface area contributed by atoms with Crippen molar-refractivity contribution in [3.8, 4) is 39.5 Å². The number of rotatable bonds is 7. The Labute approximate surface area is 280 Å². The minimum absolute atomic E-state index is 0.144. The van der Waals surface area contributed by atoms with Crippen molar-refractivity contribution in [1.82, 2.24) is 15.0 Å². The predicted molar refractivity (Wildman–Crippen MR) is 192 cm³/mol. The Kier molecular flexibility index (Phi) is 7.60. The molecule has 0 aliphatic carbocycles. The van der Waals surface area contributed by atoms with Crippen LogP contribution in [0.4, 0.5) is 11.7 Å². The Bertz CT molecular complexity index is 2440. The number of oxazole rings is 1. The largest absolute Gasteiger partial charge is 0.497 e. The number of aliphatic imine (C=N–C) groups is 1. The molecule has 0 saturated heterocycles. The maximum absolute atomic E-state index is 6.22. The number of nitrogens with zero attached hydrogens (tertiary/aromatic N) is 4. The molecule has 9 heteroatoms. The van der Waals surface area contributed by atoms with Gasteiger partial charge in [0.1, 0.15) is 17.7 Å². The molecule has 8 nitrogen and oxygen atoms in total. The highest BCUT2D eigenvalue weighted by Gasteiger charge is 2.22. The monoisotopic (exact) mass is 646 g/mol. The van der Waals surface area contributed by atoms with E-state index in [4.69, 9.17) is 35.8 Å². The highest BCUT2D eigenvalue weighted by Crippen LogP contribution is 2.39. The van der Waals surface area contributed by atoms with Gasteiger partial charge in [0.05, 0.1) is 29.7 Å². The van der Waals surface area contributed by atoms with Gasteiger partial charge in [0, 0.05) is 32.4 Å². The van der Waals surface area contributed by atoms with Crippen LogP contribution < -0.4 is 4.74 Å². The van der Waals surface area contributed by atoms with Gasteiger partial charge in [-0.2, -0.15) is 9.98 Å². The molecule has 0 amide bonds. The number of benzene rings is 5. The van der Waals surface area contributed by atoms with Gasteiger partial charge in [-0.25, -0.2) is 0 Å². The van der Waals surface area contributed by atoms with E-state index in [1.54, 1.807) is 13.4 Å². The van der Waals surface area contributed by atoms with Crippen molar-refractivity contribution in [1.29, 1.82) is 0 Å². The number of azo groups is 1. The molecule has 232 valence electrons. The molecule has 0 spiro atoms. The molecule has 0 unspecified atom stereocenters. The number of fused-ring (bicyclic) bond motifs is 2. The van der Waals surface area contributed by atoms with Crippen LogP contribution in [-0.2, 0) is 0 Å². The number of para-hydroxylation sites is 2. The average molecular weight is 647 g/mol. The molecule has 48 heavy (non-hydrogen) atoms. The van der Waals surface area contributed by atoms with Crippen molar-refractivity contribution in [2.24, 2.45) is 15.2 Å². The van der Waals surface area contributed by atoms with Crippen molar-refractivity contribution < 1.29 is 9.15 Å². The van der Waals surface area contributed by atoms with Gasteiger partial charge in [-0.1, -0.05) is 90.5 Å². The van der Waals surface area contributed by atoms with E-state index in [0.717, 1.165) is 61.2 Å². The summed E-state index contributed by atoms with van der Waals surface area (Å²) in [4.78, 5) is 16.9. The number of hydrogen-bond acceptors (Lipinski definition) is 5. The minimum atomic E-state index is 0.144. The number of methoxy groups -OCH3 is 1. The minimum Gasteiger partial charge on any atom is -0.497 e. The molecular formula is C39H27ClN6O2. The topological polar surface area (TPSA) is 104 Å². The van der Waals surface area contributed by atoms with Gasteiger partial charge in [0.2, 0.25) is 0 Å². The van der Waals surface area contributed by atoms with Crippen molar-refractivity contribution in [3.63, 3.8) is 0 Å². The molecule has 0 fully saturated rings. The third kappa shape index (κ3) is 5.55. The third-order valence-electron chi connectivity index (χ3n) is 8.11. The van der Waals surface area contributed by atoms with Gasteiger partial charge >= 0.3 is 6.01 Å². The second-order valence-corrected chi connectivity index (χ2v) is 11.5. The summed E-state index contributed by atoms with van der Waals surface area (Å²) in [5, 5.41) is 11.9. The first-order valence-corrected chi connectivity index (χ1v) is 15.7. The lowest BCUT2D eigenvalue weighted by Gasteiger charge is -2.05. The maximum Gasteiger partial charge on any atom is 0.324 e. The van der Waals surface area contributed by atoms with E-state index in [2.05, 4.69) is 21.1 Å². The number of ether oxygens (including phenoxy) is 1. The lowest BCUT2D eigenvalue weighted by Crippen LogP contribution is -1.98. The van der Waals surface area contributed by atoms with Crippen molar-refractivity contribution in [2.45, 2.75) is 0 Å². The molecule has 5 aromatic carbocycles. The molecule has 0 saturated carbocycles. The molecular weight excluding hydrogens is 620 g/mol. The van der Waals surface area contributed by atoms with E-state index in [0.29, 0.717) is 22.2 Å². The van der Waals surface area contributed by atoms with Crippen LogP contribution in [0.1, 0.15) is 5.56 Å². The fraction of sp³-hybridized carbons (Fsp3) is 0.0256. The van der Waals surface area contributed by atoms with Gasteiger partial charge in [-0.3, -0.25) is 0 Å². The Morgan fingerprint density at radius 1 is 0.708 bits per heavy atom. The van der Waals surface area contributed by atoms with Gasteiger partial charge < -0.3 is 19.1 Å². The molecule has 2 N–H and O–H groups in total. The molecule has 8 rings (SSSR count). The number of aromatic amines is 2. The predicted octanol–water partition coefficient (Wildman–Crippen LogP) is 11.2. The normalized spacial score (nSPS) is 12.0. The fourth-order valence-corrected chi connectivity index (χ4v) is 5.97. The van der Waals surface area contributed by atoms with E-state index >= 15 is 0 Å². The summed E-state index contributed by atoms with van der Waals surface area (Å²) in [5.41, 5.74) is 8.59. The third-order valence-corrected chi connectivity index (χ3v) is 8.37. The highest BCUT2D eigenvalue weighted by atomic mass is 35.5. The first kappa shape index (κ1) is 29.2. The Morgan fingerprint density at radius 2 is 1.35 bits per heavy atom. The molecule has 8 aromatic rings. The summed E-state index contributed by atoms with van der Waals surface area (Å²) in [6, 6.07) is 41.4. The maximum atomic E-state index is 6.22. The van der Waals surface area contributed by atoms with Crippen LogP contribution in [-0.4, -0.2) is 27.9 Å². The number of amidine groups is 1. The van der Waals surface area contributed by atoms with Crippen molar-refractivity contribution >= 4 is 50.9 Å². The first-order chi connectivity index (χ1) is 23.6. The number of H-pyrrole nitrogens is 2. The summed E-state index contributed by atoms with van der Waals surface area (Å²) < 4.78 is 11.4. The Morgan fingerprint density at radius 3 is 2.10 bits per heavy atom. The van der Waals surface area contributed by atoms with Crippen LogP contribution >= 0.6 is 11.6 Å². The van der Waals surface area contributed by atoms with Gasteiger partial charge in [0.25, 0.3) is 0 Å². The van der Waals surface area contributed by atoms with Crippen LogP contribution in [0.2, 0.25) is 5.02 Å². The van der Waals surface area contributed by atoms with E-state index in [-0.39, 0.29) is 6.01 Å². The fourth-order valence-electron chi connectivity index (χ4n) is 5.84. The zero-order chi connectivity index (χ0) is 32.5. The quantitative estimate of drug-likeness (QED) is 0.102. The first-order valence-electron chi connectivity index (χ1n) is 15.3. The second kappa shape index (κ2) is 12.5. The zero-order valence-corrected chi connectivity index (χ0v) is 26.4. The number of halogens is 1. The van der Waals surface area contributed by atoms with Crippen molar-refractivity contribution in [2.75, 3.05) is 7.11 Å². The molecule has 3 heterocycles. The standard InChI is InChI=1S/C39H27ClN6O2/c1-47-28-21-19-27(20-22-28)45-46-38(35-30-12-6-8-14-32(30)42-37(35)24-9-3-2-4-10-24)44-39-43-33(23-48-39)34-29-11-5-7-13-31(29)41-36(34)25-15-17-26(40)18-16-25/h2-23,41-42H,1H3/b44-38-,46-45?.